The van der Waals surface area contributed by atoms with E-state index in [2.05, 4.69) is 22.3 Å². The van der Waals surface area contributed by atoms with Crippen LogP contribution in [0.25, 0.3) is 0 Å². The van der Waals surface area contributed by atoms with Gasteiger partial charge in [0.1, 0.15) is 0 Å². The number of β-amino-alcohol motifs (C(OH)–C–C–N with tert-alkyl or cyclic N) is 1. The Morgan fingerprint density at radius 1 is 1.17 bits per heavy atom. The number of rotatable bonds is 6. The highest BCUT2D eigenvalue weighted by Crippen LogP contribution is 2.32. The molecule has 5 nitrogen and oxygen atoms in total. The maximum absolute atomic E-state index is 12.2. The van der Waals surface area contributed by atoms with Crippen molar-refractivity contribution in [1.29, 1.82) is 0 Å². The molecule has 5 heteroatoms. The van der Waals surface area contributed by atoms with Crippen molar-refractivity contribution in [2.45, 2.75) is 25.4 Å². The van der Waals surface area contributed by atoms with Gasteiger partial charge in [-0.1, -0.05) is 30.3 Å². The molecule has 1 saturated heterocycles. The number of aliphatic hydroxyl groups excluding tert-OH is 1. The van der Waals surface area contributed by atoms with E-state index < -0.39 is 0 Å². The largest absolute Gasteiger partial charge is 0.392 e. The van der Waals surface area contributed by atoms with Crippen LogP contribution in [0.5, 0.6) is 0 Å². The number of hydrogen-bond donors (Lipinski definition) is 2. The van der Waals surface area contributed by atoms with Gasteiger partial charge < -0.3 is 15.3 Å². The molecule has 1 aromatic carbocycles. The monoisotopic (exact) mass is 317 g/mol. The van der Waals surface area contributed by atoms with Gasteiger partial charge in [0.2, 0.25) is 0 Å². The number of urea groups is 1. The minimum absolute atomic E-state index is 0.0309. The van der Waals surface area contributed by atoms with Gasteiger partial charge in [-0.2, -0.15) is 0 Å². The molecule has 2 aliphatic rings. The average molecular weight is 317 g/mol. The standard InChI is InChI=1S/C18H27N3O2/c22-17(16-6-7-16)14-20-10-12-21(13-11-20)18(23)19-9-8-15-4-2-1-3-5-15/h1-5,16-17,22H,6-14H2,(H,19,23)/t17-/m0/s1. The third kappa shape index (κ3) is 4.94. The van der Waals surface area contributed by atoms with Crippen LogP contribution >= 0.6 is 0 Å². The maximum Gasteiger partial charge on any atom is 0.317 e. The molecule has 0 aromatic heterocycles. The number of nitrogens with zero attached hydrogens (tertiary/aromatic N) is 2. The first kappa shape index (κ1) is 16.3. The highest BCUT2D eigenvalue weighted by molar-refractivity contribution is 5.74. The SMILES string of the molecule is O=C(NCCc1ccccc1)N1CCN(C[C@H](O)C2CC2)CC1. The van der Waals surface area contributed by atoms with Gasteiger partial charge >= 0.3 is 6.03 Å². The minimum Gasteiger partial charge on any atom is -0.392 e. The van der Waals surface area contributed by atoms with Gasteiger partial charge in [-0.05, 0) is 30.7 Å². The summed E-state index contributed by atoms with van der Waals surface area (Å²) in [7, 11) is 0. The van der Waals surface area contributed by atoms with E-state index in [1.165, 1.54) is 18.4 Å². The lowest BCUT2D eigenvalue weighted by molar-refractivity contribution is 0.0697. The highest BCUT2D eigenvalue weighted by atomic mass is 16.3. The summed E-state index contributed by atoms with van der Waals surface area (Å²) in [5.74, 6) is 0.523. The summed E-state index contributed by atoms with van der Waals surface area (Å²) in [4.78, 5) is 16.3. The topological polar surface area (TPSA) is 55.8 Å². The van der Waals surface area contributed by atoms with Crippen molar-refractivity contribution >= 4 is 6.03 Å². The molecule has 1 saturated carbocycles. The molecule has 3 rings (SSSR count). The van der Waals surface area contributed by atoms with Crippen molar-refractivity contribution in [1.82, 2.24) is 15.1 Å². The van der Waals surface area contributed by atoms with Gasteiger partial charge in [0.25, 0.3) is 0 Å². The molecule has 0 spiro atoms. The maximum atomic E-state index is 12.2. The van der Waals surface area contributed by atoms with Gasteiger partial charge in [0.05, 0.1) is 6.10 Å². The van der Waals surface area contributed by atoms with Crippen molar-refractivity contribution in [3.05, 3.63) is 35.9 Å². The molecule has 1 aliphatic heterocycles. The first-order valence-corrected chi connectivity index (χ1v) is 8.69. The molecule has 1 aromatic rings. The molecule has 23 heavy (non-hydrogen) atoms. The van der Waals surface area contributed by atoms with Crippen molar-refractivity contribution in [3.63, 3.8) is 0 Å². The van der Waals surface area contributed by atoms with Gasteiger partial charge in [0.15, 0.2) is 0 Å². The summed E-state index contributed by atoms with van der Waals surface area (Å²) in [6.07, 6.45) is 3.02. The van der Waals surface area contributed by atoms with Crippen LogP contribution in [0.1, 0.15) is 18.4 Å². The zero-order chi connectivity index (χ0) is 16.1. The summed E-state index contributed by atoms with van der Waals surface area (Å²) >= 11 is 0. The molecular formula is C18H27N3O2. The first-order chi connectivity index (χ1) is 11.2. The molecule has 0 unspecified atom stereocenters. The van der Waals surface area contributed by atoms with Crippen molar-refractivity contribution in [2.75, 3.05) is 39.3 Å². The molecule has 126 valence electrons. The van der Waals surface area contributed by atoms with Crippen LogP contribution in [-0.2, 0) is 6.42 Å². The minimum atomic E-state index is -0.179. The number of carbonyl (C=O) groups is 1. The Kier molecular flexibility index (Phi) is 5.51. The number of piperazine rings is 1. The number of aliphatic hydroxyl groups is 1. The van der Waals surface area contributed by atoms with E-state index in [0.29, 0.717) is 12.5 Å². The second-order valence-electron chi connectivity index (χ2n) is 6.66. The Morgan fingerprint density at radius 3 is 2.52 bits per heavy atom. The van der Waals surface area contributed by atoms with Gasteiger partial charge in [0, 0.05) is 39.3 Å². The number of carbonyl (C=O) groups excluding carboxylic acids is 1. The molecule has 0 bridgehead atoms. The Balaban J connectivity index is 1.33. The predicted octanol–water partition coefficient (Wildman–Crippen LogP) is 1.33. The summed E-state index contributed by atoms with van der Waals surface area (Å²) in [5, 5.41) is 13.0. The summed E-state index contributed by atoms with van der Waals surface area (Å²) in [5.41, 5.74) is 1.24. The van der Waals surface area contributed by atoms with Crippen LogP contribution < -0.4 is 5.32 Å². The van der Waals surface area contributed by atoms with Crippen LogP contribution in [-0.4, -0.2) is 66.3 Å². The third-order valence-electron chi connectivity index (χ3n) is 4.80. The summed E-state index contributed by atoms with van der Waals surface area (Å²) in [6.45, 7) is 4.63. The Hall–Kier alpha value is -1.59. The third-order valence-corrected chi connectivity index (χ3v) is 4.80. The summed E-state index contributed by atoms with van der Waals surface area (Å²) in [6, 6.07) is 10.2. The smallest absolute Gasteiger partial charge is 0.317 e. The Bertz CT molecular complexity index is 496. The van der Waals surface area contributed by atoms with Crippen LogP contribution in [0.4, 0.5) is 4.79 Å². The van der Waals surface area contributed by atoms with Gasteiger partial charge in [-0.3, -0.25) is 4.90 Å². The fraction of sp³-hybridized carbons (Fsp3) is 0.611. The second kappa shape index (κ2) is 7.79. The van der Waals surface area contributed by atoms with Crippen molar-refractivity contribution in [2.24, 2.45) is 5.92 Å². The number of hydrogen-bond acceptors (Lipinski definition) is 3. The number of nitrogens with one attached hydrogen (secondary N) is 1. The summed E-state index contributed by atoms with van der Waals surface area (Å²) < 4.78 is 0. The van der Waals surface area contributed by atoms with Gasteiger partial charge in [-0.15, -0.1) is 0 Å². The van der Waals surface area contributed by atoms with Crippen LogP contribution in [0.2, 0.25) is 0 Å². The predicted molar refractivity (Wildman–Crippen MR) is 90.3 cm³/mol. The fourth-order valence-corrected chi connectivity index (χ4v) is 3.10. The average Bonchev–Trinajstić information content (AvgIpc) is 3.41. The normalized spacial score (nSPS) is 20.3. The Morgan fingerprint density at radius 2 is 1.87 bits per heavy atom. The first-order valence-electron chi connectivity index (χ1n) is 8.69. The highest BCUT2D eigenvalue weighted by Gasteiger charge is 2.31. The van der Waals surface area contributed by atoms with E-state index in [9.17, 15) is 9.90 Å². The van der Waals surface area contributed by atoms with E-state index in [1.54, 1.807) is 0 Å². The quantitative estimate of drug-likeness (QED) is 0.832. The number of amides is 2. The van der Waals surface area contributed by atoms with E-state index in [-0.39, 0.29) is 12.1 Å². The van der Waals surface area contributed by atoms with Crippen molar-refractivity contribution in [3.8, 4) is 0 Å². The van der Waals surface area contributed by atoms with Crippen LogP contribution in [0.3, 0.4) is 0 Å². The van der Waals surface area contributed by atoms with Crippen molar-refractivity contribution < 1.29 is 9.90 Å². The number of benzene rings is 1. The molecule has 1 heterocycles. The molecular weight excluding hydrogens is 290 g/mol. The molecule has 2 fully saturated rings. The van der Waals surface area contributed by atoms with Crippen LogP contribution in [0.15, 0.2) is 30.3 Å². The zero-order valence-electron chi connectivity index (χ0n) is 13.7. The lowest BCUT2D eigenvalue weighted by Crippen LogP contribution is -2.53. The lowest BCUT2D eigenvalue weighted by atomic mass is 10.1. The van der Waals surface area contributed by atoms with Gasteiger partial charge in [-0.25, -0.2) is 4.79 Å². The molecule has 2 N–H and O–H groups in total. The van der Waals surface area contributed by atoms with Crippen LogP contribution in [0, 0.1) is 5.92 Å². The molecule has 0 radical (unpaired) electrons. The zero-order valence-corrected chi connectivity index (χ0v) is 13.7. The second-order valence-corrected chi connectivity index (χ2v) is 6.66. The Labute approximate surface area is 138 Å². The molecule has 1 aliphatic carbocycles. The molecule has 2 amide bonds. The van der Waals surface area contributed by atoms with E-state index in [1.807, 2.05) is 23.1 Å². The van der Waals surface area contributed by atoms with E-state index in [4.69, 9.17) is 0 Å². The fourth-order valence-electron chi connectivity index (χ4n) is 3.10. The van der Waals surface area contributed by atoms with E-state index in [0.717, 1.165) is 39.1 Å². The molecule has 1 atom stereocenters. The van der Waals surface area contributed by atoms with E-state index >= 15 is 0 Å². The lowest BCUT2D eigenvalue weighted by Gasteiger charge is -2.35.